The van der Waals surface area contributed by atoms with Crippen LogP contribution in [0.1, 0.15) is 40.0 Å². The Bertz CT molecular complexity index is 1010. The number of carbonyl (C=O) groups is 1. The van der Waals surface area contributed by atoms with Crippen molar-refractivity contribution in [3.8, 4) is 0 Å². The number of benzene rings is 2. The normalized spacial score (nSPS) is 13.4. The van der Waals surface area contributed by atoms with Crippen LogP contribution < -0.4 is 5.32 Å². The Kier molecular flexibility index (Phi) is 4.16. The Morgan fingerprint density at radius 2 is 1.96 bits per heavy atom. The van der Waals surface area contributed by atoms with Crippen molar-refractivity contribution in [2.24, 2.45) is 0 Å². The third-order valence-electron chi connectivity index (χ3n) is 4.96. The Labute approximate surface area is 150 Å². The van der Waals surface area contributed by atoms with Gasteiger partial charge in [-0.05, 0) is 55.0 Å². The van der Waals surface area contributed by atoms with Crippen LogP contribution in [0, 0.1) is 10.1 Å². The molecule has 6 nitrogen and oxygen atoms in total. The summed E-state index contributed by atoms with van der Waals surface area (Å²) >= 11 is 0. The minimum absolute atomic E-state index is 0.0811. The second-order valence-electron chi connectivity index (χ2n) is 6.63. The first-order valence-electron chi connectivity index (χ1n) is 8.77. The minimum Gasteiger partial charge on any atom is -0.358 e. The summed E-state index contributed by atoms with van der Waals surface area (Å²) in [5.74, 6) is -0.437. The highest BCUT2D eigenvalue weighted by atomic mass is 16.6. The molecular formula is C20H19N3O3. The molecule has 0 saturated carbocycles. The van der Waals surface area contributed by atoms with E-state index >= 15 is 0 Å². The number of amides is 1. The highest BCUT2D eigenvalue weighted by molar-refractivity contribution is 5.98. The third kappa shape index (κ3) is 2.94. The van der Waals surface area contributed by atoms with Gasteiger partial charge < -0.3 is 10.3 Å². The van der Waals surface area contributed by atoms with Crippen LogP contribution in [0.5, 0.6) is 0 Å². The van der Waals surface area contributed by atoms with Crippen LogP contribution in [0.4, 0.5) is 5.69 Å². The highest BCUT2D eigenvalue weighted by Crippen LogP contribution is 2.29. The van der Waals surface area contributed by atoms with Gasteiger partial charge in [-0.15, -0.1) is 0 Å². The minimum atomic E-state index is -0.535. The average molecular weight is 349 g/mol. The predicted octanol–water partition coefficient (Wildman–Crippen LogP) is 3.88. The monoisotopic (exact) mass is 349 g/mol. The topological polar surface area (TPSA) is 88.0 Å². The van der Waals surface area contributed by atoms with Crippen molar-refractivity contribution >= 4 is 22.5 Å². The predicted molar refractivity (Wildman–Crippen MR) is 99.2 cm³/mol. The van der Waals surface area contributed by atoms with Gasteiger partial charge in [-0.2, -0.15) is 0 Å². The molecule has 1 aromatic heterocycles. The molecule has 0 aliphatic heterocycles. The summed E-state index contributed by atoms with van der Waals surface area (Å²) in [6.45, 7) is 0.334. The highest BCUT2D eigenvalue weighted by Gasteiger charge is 2.19. The average Bonchev–Trinajstić information content (AvgIpc) is 3.04. The molecule has 0 saturated heterocycles. The fourth-order valence-corrected chi connectivity index (χ4v) is 3.67. The largest absolute Gasteiger partial charge is 0.358 e. The maximum absolute atomic E-state index is 12.4. The summed E-state index contributed by atoms with van der Waals surface area (Å²) in [5.41, 5.74) is 4.73. The molecule has 6 heteroatoms. The van der Waals surface area contributed by atoms with Crippen LogP contribution in [-0.4, -0.2) is 15.8 Å². The van der Waals surface area contributed by atoms with Crippen molar-refractivity contribution in [1.82, 2.24) is 10.3 Å². The maximum Gasteiger partial charge on any atom is 0.282 e. The Balaban J connectivity index is 1.55. The first-order valence-corrected chi connectivity index (χ1v) is 8.77. The zero-order valence-electron chi connectivity index (χ0n) is 14.2. The lowest BCUT2D eigenvalue weighted by atomic mass is 9.95. The molecule has 2 N–H and O–H groups in total. The van der Waals surface area contributed by atoms with E-state index in [1.54, 1.807) is 12.1 Å². The summed E-state index contributed by atoms with van der Waals surface area (Å²) in [6, 6.07) is 12.1. The van der Waals surface area contributed by atoms with Crippen LogP contribution >= 0.6 is 0 Å². The Morgan fingerprint density at radius 1 is 1.15 bits per heavy atom. The van der Waals surface area contributed by atoms with Gasteiger partial charge in [0, 0.05) is 29.2 Å². The van der Waals surface area contributed by atoms with Crippen molar-refractivity contribution in [2.75, 3.05) is 0 Å². The van der Waals surface area contributed by atoms with E-state index < -0.39 is 10.8 Å². The molecule has 1 aliphatic rings. The molecule has 2 aromatic carbocycles. The molecule has 0 radical (unpaired) electrons. The van der Waals surface area contributed by atoms with Gasteiger partial charge in [0.25, 0.3) is 11.6 Å². The number of aromatic nitrogens is 1. The van der Waals surface area contributed by atoms with E-state index in [2.05, 4.69) is 16.4 Å². The van der Waals surface area contributed by atoms with Gasteiger partial charge in [0.2, 0.25) is 0 Å². The number of nitrogens with zero attached hydrogens (tertiary/aromatic N) is 1. The quantitative estimate of drug-likeness (QED) is 0.553. The number of para-hydroxylation sites is 1. The standard InChI is InChI=1S/C20H19N3O3/c24-20(15-6-2-4-8-19(15)23(25)26)21-12-13-9-10-18-16(11-13)14-5-1-3-7-17(14)22-18/h2,4,6,8-11,22H,1,3,5,7,12H2,(H,21,24). The smallest absolute Gasteiger partial charge is 0.282 e. The van der Waals surface area contributed by atoms with Crippen molar-refractivity contribution in [1.29, 1.82) is 0 Å². The van der Waals surface area contributed by atoms with E-state index in [1.807, 2.05) is 12.1 Å². The number of hydrogen-bond acceptors (Lipinski definition) is 3. The zero-order valence-corrected chi connectivity index (χ0v) is 14.2. The van der Waals surface area contributed by atoms with Gasteiger partial charge in [-0.25, -0.2) is 0 Å². The van der Waals surface area contributed by atoms with E-state index in [1.165, 1.54) is 41.6 Å². The molecule has 0 atom stereocenters. The summed E-state index contributed by atoms with van der Waals surface area (Å²) in [5, 5.41) is 15.1. The van der Waals surface area contributed by atoms with Gasteiger partial charge in [0.05, 0.1) is 4.92 Å². The van der Waals surface area contributed by atoms with Crippen LogP contribution in [0.15, 0.2) is 42.5 Å². The Morgan fingerprint density at radius 3 is 2.81 bits per heavy atom. The van der Waals surface area contributed by atoms with E-state index in [0.29, 0.717) is 6.54 Å². The maximum atomic E-state index is 12.4. The van der Waals surface area contributed by atoms with E-state index in [-0.39, 0.29) is 11.3 Å². The molecule has 3 aromatic rings. The number of hydrogen-bond donors (Lipinski definition) is 2. The lowest BCUT2D eigenvalue weighted by molar-refractivity contribution is -0.385. The van der Waals surface area contributed by atoms with Crippen molar-refractivity contribution < 1.29 is 9.72 Å². The number of nitro benzene ring substituents is 1. The molecular weight excluding hydrogens is 330 g/mol. The van der Waals surface area contributed by atoms with Crippen LogP contribution in [-0.2, 0) is 19.4 Å². The third-order valence-corrected chi connectivity index (χ3v) is 4.96. The molecule has 1 heterocycles. The van der Waals surface area contributed by atoms with Crippen molar-refractivity contribution in [3.63, 3.8) is 0 Å². The molecule has 0 fully saturated rings. The first-order chi connectivity index (χ1) is 12.6. The number of fused-ring (bicyclic) bond motifs is 3. The van der Waals surface area contributed by atoms with Gasteiger partial charge in [0.15, 0.2) is 0 Å². The molecule has 26 heavy (non-hydrogen) atoms. The Hall–Kier alpha value is -3.15. The number of nitro groups is 1. The number of aromatic amines is 1. The van der Waals surface area contributed by atoms with Gasteiger partial charge in [-0.1, -0.05) is 18.2 Å². The van der Waals surface area contributed by atoms with Crippen LogP contribution in [0.2, 0.25) is 0 Å². The molecule has 0 spiro atoms. The summed E-state index contributed by atoms with van der Waals surface area (Å²) in [4.78, 5) is 26.4. The number of carbonyl (C=O) groups excluding carboxylic acids is 1. The lowest BCUT2D eigenvalue weighted by Crippen LogP contribution is -2.23. The SMILES string of the molecule is O=C(NCc1ccc2[nH]c3c(c2c1)CCCC3)c1ccccc1[N+](=O)[O-]. The molecule has 0 unspecified atom stereocenters. The van der Waals surface area contributed by atoms with E-state index in [9.17, 15) is 14.9 Å². The van der Waals surface area contributed by atoms with E-state index in [4.69, 9.17) is 0 Å². The van der Waals surface area contributed by atoms with Crippen LogP contribution in [0.25, 0.3) is 10.9 Å². The molecule has 4 rings (SSSR count). The number of nitrogens with one attached hydrogen (secondary N) is 2. The number of aryl methyl sites for hydroxylation is 2. The van der Waals surface area contributed by atoms with Crippen LogP contribution in [0.3, 0.4) is 0 Å². The fraction of sp³-hybridized carbons (Fsp3) is 0.250. The second kappa shape index (κ2) is 6.63. The van der Waals surface area contributed by atoms with Gasteiger partial charge in [-0.3, -0.25) is 14.9 Å². The van der Waals surface area contributed by atoms with Gasteiger partial charge >= 0.3 is 0 Å². The molecule has 0 bridgehead atoms. The van der Waals surface area contributed by atoms with Crippen molar-refractivity contribution in [2.45, 2.75) is 32.2 Å². The fourth-order valence-electron chi connectivity index (χ4n) is 3.67. The summed E-state index contributed by atoms with van der Waals surface area (Å²) in [7, 11) is 0. The van der Waals surface area contributed by atoms with E-state index in [0.717, 1.165) is 23.9 Å². The van der Waals surface area contributed by atoms with Gasteiger partial charge in [0.1, 0.15) is 5.56 Å². The second-order valence-corrected chi connectivity index (χ2v) is 6.63. The molecule has 1 amide bonds. The number of H-pyrrole nitrogens is 1. The lowest BCUT2D eigenvalue weighted by Gasteiger charge is -2.11. The van der Waals surface area contributed by atoms with Crippen molar-refractivity contribution in [3.05, 3.63) is 75.0 Å². The summed E-state index contributed by atoms with van der Waals surface area (Å²) in [6.07, 6.45) is 4.60. The molecule has 1 aliphatic carbocycles. The first kappa shape index (κ1) is 16.3. The molecule has 132 valence electrons. The zero-order chi connectivity index (χ0) is 18.1. The number of rotatable bonds is 4. The summed E-state index contributed by atoms with van der Waals surface area (Å²) < 4.78 is 0.